The highest BCUT2D eigenvalue weighted by atomic mass is 16.5. The predicted octanol–water partition coefficient (Wildman–Crippen LogP) is 2.39. The molecule has 0 spiro atoms. The van der Waals surface area contributed by atoms with Crippen molar-refractivity contribution in [1.82, 2.24) is 9.97 Å². The lowest BCUT2D eigenvalue weighted by Gasteiger charge is -2.11. The van der Waals surface area contributed by atoms with Crippen molar-refractivity contribution in [2.24, 2.45) is 5.73 Å². The maximum absolute atomic E-state index is 11.4. The molecule has 7 heteroatoms. The Morgan fingerprint density at radius 2 is 1.84 bits per heavy atom. The number of hydrogen-bond acceptors (Lipinski definition) is 6. The first kappa shape index (κ1) is 16.5. The molecule has 0 unspecified atom stereocenters. The van der Waals surface area contributed by atoms with Crippen LogP contribution in [0.25, 0.3) is 22.0 Å². The first-order valence-electron chi connectivity index (χ1n) is 7.71. The fourth-order valence-corrected chi connectivity index (χ4v) is 2.62. The topological polar surface area (TPSA) is 113 Å². The predicted molar refractivity (Wildman–Crippen MR) is 95.6 cm³/mol. The highest BCUT2D eigenvalue weighted by Gasteiger charge is 2.13. The van der Waals surface area contributed by atoms with E-state index >= 15 is 0 Å². The zero-order chi connectivity index (χ0) is 18.0. The average molecular weight is 338 g/mol. The van der Waals surface area contributed by atoms with E-state index in [1.807, 2.05) is 31.2 Å². The van der Waals surface area contributed by atoms with Crippen molar-refractivity contribution in [3.05, 3.63) is 42.0 Å². The Hall–Kier alpha value is -3.35. The number of anilines is 1. The lowest BCUT2D eigenvalue weighted by atomic mass is 10.0. The van der Waals surface area contributed by atoms with Crippen LogP contribution in [-0.4, -0.2) is 29.6 Å². The highest BCUT2D eigenvalue weighted by molar-refractivity contribution is 5.97. The Balaban J connectivity index is 2.14. The van der Waals surface area contributed by atoms with Crippen LogP contribution in [0, 0.1) is 0 Å². The molecule has 0 aliphatic heterocycles. The standard InChI is InChI=1S/C18H18N4O3/c1-3-25-17-13-8-10(5-7-14(13)21-18(20)22-17)11-4-6-12(16(19)23)15(9-11)24-2/h4-9H,3H2,1-2H3,(H2,19,23)(H2,20,21,22). The van der Waals surface area contributed by atoms with Crippen molar-refractivity contribution >= 4 is 22.8 Å². The van der Waals surface area contributed by atoms with Crippen LogP contribution in [0.3, 0.4) is 0 Å². The van der Waals surface area contributed by atoms with Gasteiger partial charge >= 0.3 is 0 Å². The van der Waals surface area contributed by atoms with Gasteiger partial charge in [-0.15, -0.1) is 0 Å². The fourth-order valence-electron chi connectivity index (χ4n) is 2.62. The van der Waals surface area contributed by atoms with Gasteiger partial charge in [0.1, 0.15) is 5.75 Å². The largest absolute Gasteiger partial charge is 0.496 e. The summed E-state index contributed by atoms with van der Waals surface area (Å²) in [7, 11) is 1.50. The number of rotatable bonds is 5. The van der Waals surface area contributed by atoms with E-state index in [4.69, 9.17) is 20.9 Å². The third-order valence-corrected chi connectivity index (χ3v) is 3.76. The van der Waals surface area contributed by atoms with Gasteiger partial charge in [-0.3, -0.25) is 4.79 Å². The molecular weight excluding hydrogens is 320 g/mol. The van der Waals surface area contributed by atoms with Gasteiger partial charge in [0, 0.05) is 0 Å². The van der Waals surface area contributed by atoms with Gasteiger partial charge in [-0.25, -0.2) is 4.98 Å². The molecule has 7 nitrogen and oxygen atoms in total. The normalized spacial score (nSPS) is 10.6. The summed E-state index contributed by atoms with van der Waals surface area (Å²) in [6.07, 6.45) is 0. The second kappa shape index (κ2) is 6.64. The molecule has 0 radical (unpaired) electrons. The number of hydrogen-bond donors (Lipinski definition) is 2. The van der Waals surface area contributed by atoms with Gasteiger partial charge in [0.2, 0.25) is 11.8 Å². The Kier molecular flexibility index (Phi) is 4.38. The van der Waals surface area contributed by atoms with Crippen LogP contribution in [-0.2, 0) is 0 Å². The summed E-state index contributed by atoms with van der Waals surface area (Å²) in [5.41, 5.74) is 13.9. The van der Waals surface area contributed by atoms with Crippen LogP contribution in [0.1, 0.15) is 17.3 Å². The summed E-state index contributed by atoms with van der Waals surface area (Å²) in [5, 5.41) is 0.756. The summed E-state index contributed by atoms with van der Waals surface area (Å²) in [4.78, 5) is 19.8. The highest BCUT2D eigenvalue weighted by Crippen LogP contribution is 2.31. The molecule has 3 aromatic rings. The number of benzene rings is 2. The lowest BCUT2D eigenvalue weighted by Crippen LogP contribution is -2.12. The number of amides is 1. The molecule has 4 N–H and O–H groups in total. The van der Waals surface area contributed by atoms with Gasteiger partial charge in [0.15, 0.2) is 0 Å². The van der Waals surface area contributed by atoms with E-state index in [1.165, 1.54) is 7.11 Å². The lowest BCUT2D eigenvalue weighted by molar-refractivity contribution is 0.0997. The molecule has 0 saturated heterocycles. The van der Waals surface area contributed by atoms with Gasteiger partial charge in [-0.2, -0.15) is 4.98 Å². The van der Waals surface area contributed by atoms with Crippen LogP contribution < -0.4 is 20.9 Å². The summed E-state index contributed by atoms with van der Waals surface area (Å²) < 4.78 is 10.8. The van der Waals surface area contributed by atoms with E-state index in [-0.39, 0.29) is 5.95 Å². The van der Waals surface area contributed by atoms with Gasteiger partial charge in [0.05, 0.1) is 30.2 Å². The van der Waals surface area contributed by atoms with E-state index in [1.54, 1.807) is 12.1 Å². The van der Waals surface area contributed by atoms with Crippen LogP contribution in [0.4, 0.5) is 5.95 Å². The molecule has 128 valence electrons. The summed E-state index contributed by atoms with van der Waals surface area (Å²) in [5.74, 6) is 0.483. The summed E-state index contributed by atoms with van der Waals surface area (Å²) in [6.45, 7) is 2.35. The third-order valence-electron chi connectivity index (χ3n) is 3.76. The van der Waals surface area contributed by atoms with Crippen molar-refractivity contribution in [2.45, 2.75) is 6.92 Å². The van der Waals surface area contributed by atoms with Crippen molar-refractivity contribution < 1.29 is 14.3 Å². The fraction of sp³-hybridized carbons (Fsp3) is 0.167. The van der Waals surface area contributed by atoms with Crippen molar-refractivity contribution in [2.75, 3.05) is 19.5 Å². The number of aromatic nitrogens is 2. The number of carbonyl (C=O) groups is 1. The number of nitrogens with two attached hydrogens (primary N) is 2. The number of primary amides is 1. The van der Waals surface area contributed by atoms with E-state index < -0.39 is 5.91 Å². The monoisotopic (exact) mass is 338 g/mol. The van der Waals surface area contributed by atoms with Gasteiger partial charge in [-0.1, -0.05) is 12.1 Å². The molecule has 3 rings (SSSR count). The minimum absolute atomic E-state index is 0.163. The Morgan fingerprint density at radius 1 is 1.12 bits per heavy atom. The first-order valence-corrected chi connectivity index (χ1v) is 7.71. The van der Waals surface area contributed by atoms with E-state index in [9.17, 15) is 4.79 Å². The third kappa shape index (κ3) is 3.16. The van der Waals surface area contributed by atoms with E-state index in [0.717, 1.165) is 16.5 Å². The van der Waals surface area contributed by atoms with Crippen molar-refractivity contribution in [3.8, 4) is 22.8 Å². The molecule has 1 amide bonds. The molecular formula is C18H18N4O3. The number of carbonyl (C=O) groups excluding carboxylic acids is 1. The molecule has 0 atom stereocenters. The van der Waals surface area contributed by atoms with Crippen LogP contribution in [0.15, 0.2) is 36.4 Å². The molecule has 0 bridgehead atoms. The second-order valence-corrected chi connectivity index (χ2v) is 5.33. The maximum Gasteiger partial charge on any atom is 0.252 e. The zero-order valence-electron chi connectivity index (χ0n) is 13.9. The van der Waals surface area contributed by atoms with Crippen LogP contribution in [0.5, 0.6) is 11.6 Å². The minimum atomic E-state index is -0.538. The number of nitrogen functional groups attached to an aromatic ring is 1. The molecule has 1 aromatic heterocycles. The average Bonchev–Trinajstić information content (AvgIpc) is 2.61. The maximum atomic E-state index is 11.4. The number of ether oxygens (including phenoxy) is 2. The molecule has 0 aliphatic rings. The summed E-state index contributed by atoms with van der Waals surface area (Å²) >= 11 is 0. The molecule has 0 fully saturated rings. The van der Waals surface area contributed by atoms with E-state index in [0.29, 0.717) is 29.3 Å². The van der Waals surface area contributed by atoms with Gasteiger partial charge in [0.25, 0.3) is 5.91 Å². The number of fused-ring (bicyclic) bond motifs is 1. The first-order chi connectivity index (χ1) is 12.0. The number of nitrogens with zero attached hydrogens (tertiary/aromatic N) is 2. The molecule has 0 aliphatic carbocycles. The van der Waals surface area contributed by atoms with Crippen LogP contribution in [0.2, 0.25) is 0 Å². The summed E-state index contributed by atoms with van der Waals surface area (Å²) in [6, 6.07) is 10.9. The minimum Gasteiger partial charge on any atom is -0.496 e. The molecule has 25 heavy (non-hydrogen) atoms. The van der Waals surface area contributed by atoms with Gasteiger partial charge in [-0.05, 0) is 42.3 Å². The Bertz CT molecular complexity index is 956. The quantitative estimate of drug-likeness (QED) is 0.738. The van der Waals surface area contributed by atoms with Gasteiger partial charge < -0.3 is 20.9 Å². The van der Waals surface area contributed by atoms with Crippen molar-refractivity contribution in [1.29, 1.82) is 0 Å². The van der Waals surface area contributed by atoms with Crippen LogP contribution >= 0.6 is 0 Å². The number of methoxy groups -OCH3 is 1. The second-order valence-electron chi connectivity index (χ2n) is 5.33. The smallest absolute Gasteiger partial charge is 0.252 e. The Labute approximate surface area is 144 Å². The Morgan fingerprint density at radius 3 is 2.52 bits per heavy atom. The molecule has 0 saturated carbocycles. The molecule has 1 heterocycles. The SMILES string of the molecule is CCOc1nc(N)nc2ccc(-c3ccc(C(N)=O)c(OC)c3)cc12. The van der Waals surface area contributed by atoms with Crippen molar-refractivity contribution in [3.63, 3.8) is 0 Å². The molecule has 2 aromatic carbocycles. The van der Waals surface area contributed by atoms with E-state index in [2.05, 4.69) is 9.97 Å². The zero-order valence-corrected chi connectivity index (χ0v) is 13.9.